The van der Waals surface area contributed by atoms with Gasteiger partial charge in [0, 0.05) is 36.4 Å². The highest BCUT2D eigenvalue weighted by Crippen LogP contribution is 2.31. The topological polar surface area (TPSA) is 101 Å². The Bertz CT molecular complexity index is 1450. The zero-order valence-electron chi connectivity index (χ0n) is 19.3. The molecular formula is C25H21F3N6O3. The number of pyridine rings is 1. The molecule has 9 nitrogen and oxygen atoms in total. The number of hydrogen-bond donors (Lipinski definition) is 2. The number of carbonyl (C=O) groups is 2. The van der Waals surface area contributed by atoms with Crippen LogP contribution in [0.5, 0.6) is 11.5 Å². The molecule has 4 aromatic rings. The van der Waals surface area contributed by atoms with E-state index in [2.05, 4.69) is 20.7 Å². The first-order valence-corrected chi connectivity index (χ1v) is 11.4. The first-order valence-electron chi connectivity index (χ1n) is 11.4. The number of amides is 3. The number of halogens is 3. The molecule has 0 bridgehead atoms. The van der Waals surface area contributed by atoms with Gasteiger partial charge in [-0.3, -0.25) is 5.32 Å². The number of aromatic nitrogens is 3. The summed E-state index contributed by atoms with van der Waals surface area (Å²) in [5.74, 6) is 1.31. The quantitative estimate of drug-likeness (QED) is 0.353. The molecule has 3 amide bonds. The number of ether oxygens (including phenoxy) is 1. The van der Waals surface area contributed by atoms with Gasteiger partial charge in [-0.25, -0.2) is 14.6 Å². The molecule has 1 fully saturated rings. The van der Waals surface area contributed by atoms with Crippen molar-refractivity contribution in [2.45, 2.75) is 19.0 Å². The Morgan fingerprint density at radius 3 is 2.38 bits per heavy atom. The predicted molar refractivity (Wildman–Crippen MR) is 130 cm³/mol. The molecule has 0 saturated carbocycles. The number of benzene rings is 2. The molecule has 5 rings (SSSR count). The van der Waals surface area contributed by atoms with Crippen LogP contribution in [-0.2, 0) is 6.18 Å². The van der Waals surface area contributed by atoms with Crippen LogP contribution in [0.4, 0.5) is 34.3 Å². The zero-order chi connectivity index (χ0) is 26.0. The standard InChI is InChI=1S/C25H21F3N6O3/c26-25(27,28)17-3-8-21-16(13-17)15-30-34(21)24(36)31-18-4-6-19(7-5-18)37-20-9-10-29-22(14-20)32-23(35)33-11-1-2-12-33/h3-10,13-15H,1-2,11-12H2,(H,31,36)(H,29,32,35). The van der Waals surface area contributed by atoms with Crippen molar-refractivity contribution < 1.29 is 27.5 Å². The van der Waals surface area contributed by atoms with Gasteiger partial charge in [0.25, 0.3) is 0 Å². The van der Waals surface area contributed by atoms with Gasteiger partial charge in [-0.05, 0) is 61.4 Å². The number of anilines is 2. The van der Waals surface area contributed by atoms with Gasteiger partial charge < -0.3 is 15.0 Å². The molecule has 0 radical (unpaired) electrons. The monoisotopic (exact) mass is 510 g/mol. The van der Waals surface area contributed by atoms with Crippen LogP contribution >= 0.6 is 0 Å². The third-order valence-corrected chi connectivity index (χ3v) is 5.79. The Morgan fingerprint density at radius 1 is 0.892 bits per heavy atom. The second-order valence-corrected chi connectivity index (χ2v) is 8.39. The van der Waals surface area contributed by atoms with E-state index in [1.165, 1.54) is 18.5 Å². The molecule has 2 N–H and O–H groups in total. The van der Waals surface area contributed by atoms with Crippen molar-refractivity contribution in [1.82, 2.24) is 19.7 Å². The second-order valence-electron chi connectivity index (χ2n) is 8.39. The summed E-state index contributed by atoms with van der Waals surface area (Å²) in [4.78, 5) is 30.8. The molecule has 1 saturated heterocycles. The number of nitrogens with zero attached hydrogens (tertiary/aromatic N) is 4. The van der Waals surface area contributed by atoms with Crippen molar-refractivity contribution in [3.05, 3.63) is 72.6 Å². The van der Waals surface area contributed by atoms with Crippen molar-refractivity contribution in [2.24, 2.45) is 0 Å². The van der Waals surface area contributed by atoms with Gasteiger partial charge in [-0.2, -0.15) is 23.0 Å². The molecule has 3 heterocycles. The largest absolute Gasteiger partial charge is 0.457 e. The Labute approximate surface area is 208 Å². The average Bonchev–Trinajstić information content (AvgIpc) is 3.55. The first-order chi connectivity index (χ1) is 17.8. The summed E-state index contributed by atoms with van der Waals surface area (Å²) in [5.41, 5.74) is -0.136. The molecule has 2 aromatic carbocycles. The van der Waals surface area contributed by atoms with Crippen molar-refractivity contribution in [3.63, 3.8) is 0 Å². The van der Waals surface area contributed by atoms with Crippen LogP contribution in [-0.4, -0.2) is 44.8 Å². The molecule has 0 unspecified atom stereocenters. The van der Waals surface area contributed by atoms with Gasteiger partial charge in [0.05, 0.1) is 17.3 Å². The lowest BCUT2D eigenvalue weighted by Crippen LogP contribution is -2.32. The lowest BCUT2D eigenvalue weighted by molar-refractivity contribution is -0.137. The summed E-state index contributed by atoms with van der Waals surface area (Å²) < 4.78 is 45.6. The molecule has 0 atom stereocenters. The highest BCUT2D eigenvalue weighted by molar-refractivity contribution is 5.97. The maximum absolute atomic E-state index is 12.9. The van der Waals surface area contributed by atoms with E-state index in [1.807, 2.05) is 0 Å². The van der Waals surface area contributed by atoms with Crippen LogP contribution < -0.4 is 15.4 Å². The summed E-state index contributed by atoms with van der Waals surface area (Å²) in [6.45, 7) is 1.45. The van der Waals surface area contributed by atoms with Crippen LogP contribution in [0.25, 0.3) is 10.9 Å². The Balaban J connectivity index is 1.22. The fraction of sp³-hybridized carbons (Fsp3) is 0.200. The molecule has 1 aliphatic heterocycles. The molecule has 37 heavy (non-hydrogen) atoms. The highest BCUT2D eigenvalue weighted by Gasteiger charge is 2.31. The van der Waals surface area contributed by atoms with E-state index in [0.717, 1.165) is 42.7 Å². The van der Waals surface area contributed by atoms with Gasteiger partial charge in [0.2, 0.25) is 0 Å². The van der Waals surface area contributed by atoms with Crippen molar-refractivity contribution in [1.29, 1.82) is 0 Å². The lowest BCUT2D eigenvalue weighted by Gasteiger charge is -2.16. The smallest absolute Gasteiger partial charge is 0.416 e. The number of carbonyl (C=O) groups excluding carboxylic acids is 2. The average molecular weight is 510 g/mol. The summed E-state index contributed by atoms with van der Waals surface area (Å²) in [6.07, 6.45) is 0.221. The highest BCUT2D eigenvalue weighted by atomic mass is 19.4. The SMILES string of the molecule is O=C(Nc1cc(Oc2ccc(NC(=O)n3ncc4cc(C(F)(F)F)ccc43)cc2)ccn1)N1CCCC1. The third-order valence-electron chi connectivity index (χ3n) is 5.79. The Kier molecular flexibility index (Phi) is 6.38. The van der Waals surface area contributed by atoms with E-state index in [-0.39, 0.29) is 16.9 Å². The maximum atomic E-state index is 12.9. The Morgan fingerprint density at radius 2 is 1.65 bits per heavy atom. The van der Waals surface area contributed by atoms with Gasteiger partial charge in [-0.1, -0.05) is 0 Å². The van der Waals surface area contributed by atoms with Crippen LogP contribution in [0.15, 0.2) is 67.0 Å². The molecular weight excluding hydrogens is 489 g/mol. The second kappa shape index (κ2) is 9.80. The lowest BCUT2D eigenvalue weighted by atomic mass is 10.1. The van der Waals surface area contributed by atoms with Crippen LogP contribution in [0.3, 0.4) is 0 Å². The zero-order valence-corrected chi connectivity index (χ0v) is 19.3. The molecule has 0 spiro atoms. The van der Waals surface area contributed by atoms with Gasteiger partial charge in [0.15, 0.2) is 0 Å². The van der Waals surface area contributed by atoms with Crippen LogP contribution in [0, 0.1) is 0 Å². The number of nitrogens with one attached hydrogen (secondary N) is 2. The number of hydrogen-bond acceptors (Lipinski definition) is 5. The minimum absolute atomic E-state index is 0.196. The molecule has 0 aliphatic carbocycles. The van der Waals surface area contributed by atoms with E-state index in [4.69, 9.17) is 4.74 Å². The van der Waals surface area contributed by atoms with Crippen molar-refractivity contribution >= 4 is 34.5 Å². The third kappa shape index (κ3) is 5.47. The number of rotatable bonds is 4. The Hall–Kier alpha value is -4.61. The fourth-order valence-corrected chi connectivity index (χ4v) is 3.94. The van der Waals surface area contributed by atoms with Gasteiger partial charge in [-0.15, -0.1) is 0 Å². The molecule has 2 aromatic heterocycles. The number of alkyl halides is 3. The first kappa shape index (κ1) is 24.1. The summed E-state index contributed by atoms with van der Waals surface area (Å²) in [5, 5.41) is 9.52. The van der Waals surface area contributed by atoms with E-state index in [9.17, 15) is 22.8 Å². The number of fused-ring (bicyclic) bond motifs is 1. The van der Waals surface area contributed by atoms with Crippen molar-refractivity contribution in [2.75, 3.05) is 23.7 Å². The minimum Gasteiger partial charge on any atom is -0.457 e. The van der Waals surface area contributed by atoms with Gasteiger partial charge >= 0.3 is 18.2 Å². The van der Waals surface area contributed by atoms with Gasteiger partial charge in [0.1, 0.15) is 17.3 Å². The van der Waals surface area contributed by atoms with Crippen LogP contribution in [0.2, 0.25) is 0 Å². The maximum Gasteiger partial charge on any atom is 0.416 e. The number of likely N-dealkylation sites (tertiary alicyclic amines) is 1. The van der Waals surface area contributed by atoms with E-state index >= 15 is 0 Å². The normalized spacial score (nSPS) is 13.5. The summed E-state index contributed by atoms with van der Waals surface area (Å²) >= 11 is 0. The van der Waals surface area contributed by atoms with E-state index in [1.54, 1.807) is 41.3 Å². The minimum atomic E-state index is -4.48. The summed E-state index contributed by atoms with van der Waals surface area (Å²) in [6, 6.07) is 12.0. The van der Waals surface area contributed by atoms with Crippen LogP contribution in [0.1, 0.15) is 18.4 Å². The van der Waals surface area contributed by atoms with E-state index < -0.39 is 17.8 Å². The molecule has 1 aliphatic rings. The predicted octanol–water partition coefficient (Wildman–Crippen LogP) is 5.95. The number of urea groups is 1. The molecule has 12 heteroatoms. The summed E-state index contributed by atoms with van der Waals surface area (Å²) in [7, 11) is 0. The molecule has 190 valence electrons. The van der Waals surface area contributed by atoms with Crippen molar-refractivity contribution in [3.8, 4) is 11.5 Å². The van der Waals surface area contributed by atoms with E-state index in [0.29, 0.717) is 23.0 Å². The fourth-order valence-electron chi connectivity index (χ4n) is 3.94.